The molecule has 12 aromatic rings. The van der Waals surface area contributed by atoms with Crippen molar-refractivity contribution in [2.24, 2.45) is 15.3 Å². The van der Waals surface area contributed by atoms with Crippen molar-refractivity contribution in [1.82, 2.24) is 29.5 Å². The van der Waals surface area contributed by atoms with Gasteiger partial charge in [0.05, 0.1) is 71.2 Å². The number of ketones is 1. The molecular weight excluding hydrogens is 1550 g/mol. The number of aromatic amines is 1. The van der Waals surface area contributed by atoms with E-state index in [9.17, 15) is 26.4 Å². The molecule has 564 valence electrons. The average Bonchev–Trinajstić information content (AvgIpc) is 1.75. The molecule has 0 aliphatic heterocycles. The van der Waals surface area contributed by atoms with Crippen molar-refractivity contribution in [3.63, 3.8) is 0 Å². The lowest BCUT2D eigenvalue weighted by molar-refractivity contribution is -0.116. The molecule has 23 nitrogen and oxygen atoms in total. The number of hydrogen-bond acceptors (Lipinski definition) is 20. The summed E-state index contributed by atoms with van der Waals surface area (Å²) in [5.74, 6) is 5.65. The average molecular weight is 1620 g/mol. The fourth-order valence-electron chi connectivity index (χ4n) is 12.8. The molecule has 31 heteroatoms. The second-order valence-electron chi connectivity index (χ2n) is 26.3. The molecule has 4 aliphatic rings. The number of isothiocyanates is 1. The van der Waals surface area contributed by atoms with Crippen LogP contribution in [0.5, 0.6) is 23.0 Å². The van der Waals surface area contributed by atoms with Crippen LogP contribution in [0.15, 0.2) is 178 Å². The Balaban J connectivity index is 0.000000133. The van der Waals surface area contributed by atoms with Gasteiger partial charge in [-0.05, 0) is 240 Å². The maximum Gasteiger partial charge on any atom is 0.239 e. The molecule has 1 amide bonds. The van der Waals surface area contributed by atoms with Gasteiger partial charge in [0, 0.05) is 38.7 Å². The zero-order valence-corrected chi connectivity index (χ0v) is 65.8. The molecule has 4 aliphatic carbocycles. The monoisotopic (exact) mass is 1620 g/mol. The van der Waals surface area contributed by atoms with Crippen molar-refractivity contribution in [2.75, 3.05) is 62.6 Å². The molecule has 4 fully saturated rings. The highest BCUT2D eigenvalue weighted by molar-refractivity contribution is 7.99. The Labute approximate surface area is 658 Å². The van der Waals surface area contributed by atoms with Gasteiger partial charge in [-0.25, -0.2) is 32.2 Å². The number of thiocarbonyl (C=S) groups is 1. The quantitative estimate of drug-likeness (QED) is 0.0122. The molecule has 12 N–H and O–H groups in total. The van der Waals surface area contributed by atoms with E-state index < -0.39 is 26.0 Å². The van der Waals surface area contributed by atoms with Gasteiger partial charge in [0.2, 0.25) is 42.6 Å². The Bertz CT molecular complexity index is 5860. The van der Waals surface area contributed by atoms with E-state index in [1.165, 1.54) is 119 Å². The number of nitrogens with two attached hydrogens (primary N) is 5. The predicted octanol–water partition coefficient (Wildman–Crippen LogP) is 16.6. The Hall–Kier alpha value is -9.68. The number of nitrogens with zero attached hydrogens (tertiary/aromatic N) is 6. The summed E-state index contributed by atoms with van der Waals surface area (Å²) in [6.45, 7) is 0. The molecule has 2 heterocycles. The zero-order valence-electron chi connectivity index (χ0n) is 59.4. The topological polar surface area (TPSA) is 358 Å². The van der Waals surface area contributed by atoms with Crippen LogP contribution >= 0.6 is 71.0 Å². The number of aromatic nitrogens is 6. The molecule has 0 spiro atoms. The van der Waals surface area contributed by atoms with Gasteiger partial charge in [-0.3, -0.25) is 18.7 Å². The number of thioether (sulfide) groups is 1. The Kier molecular flexibility index (Phi) is 24.7. The summed E-state index contributed by atoms with van der Waals surface area (Å²) in [4.78, 5) is 27.7. The number of benzene rings is 10. The number of carbonyl (C=O) groups excluding carboxylic acids is 2. The molecule has 109 heavy (non-hydrogen) atoms. The van der Waals surface area contributed by atoms with E-state index in [4.69, 9.17) is 106 Å². The molecule has 0 atom stereocenters. The number of hydrogen-bond donors (Lipinski definition) is 7. The van der Waals surface area contributed by atoms with Crippen LogP contribution in [0.4, 0.5) is 29.0 Å². The lowest BCUT2D eigenvalue weighted by Crippen LogP contribution is -2.14. The van der Waals surface area contributed by atoms with Crippen molar-refractivity contribution in [3.8, 4) is 34.4 Å². The Morgan fingerprint density at radius 3 is 1.62 bits per heavy atom. The molecule has 16 rings (SSSR count). The fourth-order valence-corrected chi connectivity index (χ4v) is 15.7. The first-order chi connectivity index (χ1) is 52.3. The van der Waals surface area contributed by atoms with E-state index in [-0.39, 0.29) is 55.3 Å². The third kappa shape index (κ3) is 18.6. The Morgan fingerprint density at radius 2 is 1.10 bits per heavy atom. The van der Waals surface area contributed by atoms with Gasteiger partial charge >= 0.3 is 0 Å². The number of nitrogen functional groups attached to an aromatic ring is 3. The highest BCUT2D eigenvalue weighted by atomic mass is 35.5. The number of carbonyl (C=O) groups is 2. The molecule has 0 radical (unpaired) electrons. The molecule has 0 saturated heterocycles. The van der Waals surface area contributed by atoms with Crippen LogP contribution in [0.2, 0.25) is 10.0 Å². The van der Waals surface area contributed by atoms with Gasteiger partial charge in [0.15, 0.2) is 5.16 Å². The largest absolute Gasteiger partial charge is 0.497 e. The van der Waals surface area contributed by atoms with Crippen molar-refractivity contribution < 1.29 is 45.4 Å². The van der Waals surface area contributed by atoms with E-state index in [1.54, 1.807) is 37.6 Å². The number of ether oxygens (including phenoxy) is 4. The Morgan fingerprint density at radius 1 is 0.587 bits per heavy atom. The van der Waals surface area contributed by atoms with E-state index in [0.29, 0.717) is 44.9 Å². The number of rotatable bonds is 20. The molecule has 4 saturated carbocycles. The molecule has 10 aromatic carbocycles. The first kappa shape index (κ1) is 78.9. The number of primary sulfonamides is 2. The van der Waals surface area contributed by atoms with Crippen molar-refractivity contribution in [3.05, 3.63) is 200 Å². The molecular formula is C78H76Cl3N13O10S5. The van der Waals surface area contributed by atoms with Crippen LogP contribution in [0.1, 0.15) is 103 Å². The van der Waals surface area contributed by atoms with Gasteiger partial charge in [-0.15, -0.1) is 26.9 Å². The minimum absolute atomic E-state index is 0.0166. The molecule has 2 aromatic heterocycles. The van der Waals surface area contributed by atoms with Gasteiger partial charge in [-0.1, -0.05) is 102 Å². The third-order valence-electron chi connectivity index (χ3n) is 18.8. The number of Topliss-reactive ketones (excluding diaryl/α,β-unsaturated/α-hetero) is 1. The molecule has 0 bridgehead atoms. The van der Waals surface area contributed by atoms with E-state index in [2.05, 4.69) is 90.5 Å². The minimum Gasteiger partial charge on any atom is -0.497 e. The van der Waals surface area contributed by atoms with E-state index in [0.717, 1.165) is 91.8 Å². The van der Waals surface area contributed by atoms with Gasteiger partial charge < -0.3 is 41.5 Å². The van der Waals surface area contributed by atoms with Crippen molar-refractivity contribution >= 4 is 180 Å². The van der Waals surface area contributed by atoms with Gasteiger partial charge in [-0.2, -0.15) is 4.99 Å². The minimum atomic E-state index is -3.88. The summed E-state index contributed by atoms with van der Waals surface area (Å²) < 4.78 is 70.7. The number of methoxy groups -OCH3 is 4. The van der Waals surface area contributed by atoms with Crippen LogP contribution in [-0.4, -0.2) is 103 Å². The number of sulfonamides is 2. The van der Waals surface area contributed by atoms with Gasteiger partial charge in [0.25, 0.3) is 0 Å². The summed E-state index contributed by atoms with van der Waals surface area (Å²) in [6, 6.07) is 49.0. The normalized spacial score (nSPS) is 13.8. The smallest absolute Gasteiger partial charge is 0.239 e. The number of halogens is 3. The number of fused-ring (bicyclic) bond motifs is 4. The maximum absolute atomic E-state index is 12.8. The number of anilines is 4. The number of amides is 1. The summed E-state index contributed by atoms with van der Waals surface area (Å²) in [5.41, 5.74) is 27.8. The van der Waals surface area contributed by atoms with Crippen LogP contribution in [0.3, 0.4) is 0 Å². The first-order valence-corrected chi connectivity index (χ1v) is 40.5. The van der Waals surface area contributed by atoms with Crippen molar-refractivity contribution in [2.45, 2.75) is 96.4 Å². The second-order valence-corrected chi connectivity index (χ2v) is 32.0. The lowest BCUT2D eigenvalue weighted by atomic mass is 9.98. The van der Waals surface area contributed by atoms with Gasteiger partial charge in [0.1, 0.15) is 40.3 Å². The highest BCUT2D eigenvalue weighted by Gasteiger charge is 2.31. The summed E-state index contributed by atoms with van der Waals surface area (Å²) >= 11 is 28.5. The van der Waals surface area contributed by atoms with Crippen LogP contribution in [-0.2, 0) is 36.1 Å². The third-order valence-corrected chi connectivity index (χ3v) is 22.9. The number of aliphatic imine (C=N–C) groups is 1. The number of nitrogens with one attached hydrogen (secondary N) is 2. The first-order valence-electron chi connectivity index (χ1n) is 34.4. The standard InChI is InChI=1S/C25H24ClN5O4S2.C16H16N4OS.C15H13NOS.C14H15NO.C8H8Cl2N2O3S/c1-35-22-12-20(14-6-7-14)18-4-2-3-5-19(18)23(22)31-24(27)29-30-25(31)36-13-16(32)10-15-8-9-17(11-21(15)26)37(28,33)34;1-21-10-4-5-12-11(9-2-3-9)6-7-14(13(12)8-10)20-15(17)18-19-16(20)22;1-17-11-4-5-13-12(10-2-3-10)6-7-15(16-9-18)14(13)8-11;1-16-10-4-5-12-11(9-2-3-9)6-7-14(15)13(12)8-10;9-4-8(13)12-7-2-1-5(3-6(7)10)16(11,14)15/h2-5,8-9,11-12,14H,6-7,10,13H2,1H3,(H2,27,29)(H2,28,33,34);4-9H,2-3H2,1H3,(H2,17,18)(H,19,22);4-8,10H,2-3H2,1H3;4-9H,2-3,15H2,1H3;1-3H,4H2,(H,12,13)(H2,11,14,15). The number of alkyl halides is 1. The van der Waals surface area contributed by atoms with Crippen LogP contribution in [0.25, 0.3) is 54.5 Å². The highest BCUT2D eigenvalue weighted by Crippen LogP contribution is 2.50. The maximum atomic E-state index is 12.8. The van der Waals surface area contributed by atoms with Crippen LogP contribution in [0, 0.1) is 4.77 Å². The van der Waals surface area contributed by atoms with Crippen molar-refractivity contribution in [1.29, 1.82) is 0 Å². The predicted molar refractivity (Wildman–Crippen MR) is 439 cm³/mol. The SMILES string of the molecule is COc1cc(C2CC2)c2ccccc2c1-n1c(N)nnc1SCC(=O)Cc1ccc(S(N)(=O)=O)cc1Cl.COc1ccc2c(C3CC3)ccc(-n3c(N)n[nH]c3=S)c2c1.COc1ccc2c(C3CC3)ccc(N)c2c1.COc1ccc2c(C3CC3)ccc(N=C=S)c2c1.NS(=O)(=O)c1ccc(NC(=O)CCl)c(Cl)c1. The lowest BCUT2D eigenvalue weighted by Gasteiger charge is -2.18. The van der Waals surface area contributed by atoms with Crippen LogP contribution < -0.4 is 51.7 Å². The summed E-state index contributed by atoms with van der Waals surface area (Å²) in [6.07, 6.45) is 10.0. The fraction of sp³-hybridized carbons (Fsp3) is 0.244. The van der Waals surface area contributed by atoms with E-state index >= 15 is 0 Å². The van der Waals surface area contributed by atoms with E-state index in [1.807, 2.05) is 66.7 Å². The second kappa shape index (κ2) is 34.1. The number of H-pyrrole nitrogens is 1. The summed E-state index contributed by atoms with van der Waals surface area (Å²) in [5, 5.41) is 39.7. The summed E-state index contributed by atoms with van der Waals surface area (Å²) in [7, 11) is -1.04. The molecule has 0 unspecified atom stereocenters. The zero-order chi connectivity index (χ0) is 77.6.